The van der Waals surface area contributed by atoms with Crippen LogP contribution in [0, 0.1) is 0 Å². The number of aliphatic hydroxyl groups is 1. The van der Waals surface area contributed by atoms with Crippen LogP contribution >= 0.6 is 23.2 Å². The van der Waals surface area contributed by atoms with Gasteiger partial charge in [0.05, 0.1) is 24.1 Å². The van der Waals surface area contributed by atoms with Crippen LogP contribution in [-0.2, 0) is 5.54 Å². The van der Waals surface area contributed by atoms with Gasteiger partial charge in [-0.2, -0.15) is 4.98 Å². The Bertz CT molecular complexity index is 1190. The number of halogens is 2. The second-order valence-corrected chi connectivity index (χ2v) is 9.26. The van der Waals surface area contributed by atoms with Crippen molar-refractivity contribution in [2.75, 3.05) is 23.8 Å². The van der Waals surface area contributed by atoms with Gasteiger partial charge in [0.15, 0.2) is 7.85 Å². The number of carbonyl (C=O) groups is 1. The van der Waals surface area contributed by atoms with Gasteiger partial charge in [-0.25, -0.2) is 14.8 Å². The fraction of sp³-hybridized carbons (Fsp3) is 0.300. The number of rotatable bonds is 5. The fourth-order valence-electron chi connectivity index (χ4n) is 3.78. The summed E-state index contributed by atoms with van der Waals surface area (Å²) in [4.78, 5) is 28.7. The number of likely N-dealkylation sites (N-methyl/N-ethyl adjacent to an activating group) is 1. The maximum absolute atomic E-state index is 12.5. The van der Waals surface area contributed by atoms with E-state index in [1.165, 1.54) is 9.80 Å². The zero-order valence-corrected chi connectivity index (χ0v) is 19.0. The fourth-order valence-corrected chi connectivity index (χ4v) is 4.30. The first-order valence-electron chi connectivity index (χ1n) is 10.1. The maximum atomic E-state index is 12.5. The molecule has 1 saturated heterocycles. The van der Waals surface area contributed by atoms with Gasteiger partial charge in [-0.3, -0.25) is 4.90 Å². The van der Waals surface area contributed by atoms with Crippen molar-refractivity contribution in [2.45, 2.75) is 24.0 Å². The van der Waals surface area contributed by atoms with Crippen molar-refractivity contribution in [1.29, 1.82) is 0 Å². The van der Waals surface area contributed by atoms with E-state index in [1.807, 2.05) is 22.9 Å². The molecular weight excluding hydrogens is 452 g/mol. The summed E-state index contributed by atoms with van der Waals surface area (Å²) in [5.41, 5.74) is 0.0222. The van der Waals surface area contributed by atoms with Gasteiger partial charge in [0.25, 0.3) is 0 Å². The third-order valence-electron chi connectivity index (χ3n) is 5.93. The van der Waals surface area contributed by atoms with Crippen molar-refractivity contribution in [2.24, 2.45) is 0 Å². The first-order valence-corrected chi connectivity index (χ1v) is 10.8. The SMILES string of the molecule is BC1(O)CN(c2ccnc(NC3(c4cn(-c5cc(Cl)cc(Cl)c5)cn4)CC3)n2)C(=O)N1C. The lowest BCUT2D eigenvalue weighted by molar-refractivity contribution is 0.0391. The number of amides is 2. The van der Waals surface area contributed by atoms with Crippen LogP contribution in [0.3, 0.4) is 0 Å². The minimum atomic E-state index is -1.26. The molecule has 1 aliphatic carbocycles. The van der Waals surface area contributed by atoms with Crippen LogP contribution in [0.2, 0.25) is 10.0 Å². The van der Waals surface area contributed by atoms with E-state index in [0.717, 1.165) is 24.2 Å². The van der Waals surface area contributed by atoms with E-state index in [-0.39, 0.29) is 18.1 Å². The second kappa shape index (κ2) is 7.36. The van der Waals surface area contributed by atoms with Gasteiger partial charge in [0.1, 0.15) is 11.4 Å². The molecule has 2 aliphatic rings. The van der Waals surface area contributed by atoms with Crippen LogP contribution in [0.1, 0.15) is 18.5 Å². The van der Waals surface area contributed by atoms with Crippen LogP contribution in [-0.4, -0.2) is 62.6 Å². The molecule has 1 aliphatic heterocycles. The zero-order chi connectivity index (χ0) is 22.7. The monoisotopic (exact) mass is 471 g/mol. The van der Waals surface area contributed by atoms with E-state index in [9.17, 15) is 9.90 Å². The van der Waals surface area contributed by atoms with Crippen LogP contribution in [0.15, 0.2) is 43.0 Å². The van der Waals surface area contributed by atoms with Crippen LogP contribution in [0.4, 0.5) is 16.6 Å². The summed E-state index contributed by atoms with van der Waals surface area (Å²) in [6, 6.07) is 6.64. The molecule has 1 atom stereocenters. The first kappa shape index (κ1) is 21.1. The number of hydrogen-bond donors (Lipinski definition) is 2. The van der Waals surface area contributed by atoms with Gasteiger partial charge in [-0.15, -0.1) is 0 Å². The maximum Gasteiger partial charge on any atom is 0.327 e. The van der Waals surface area contributed by atoms with Gasteiger partial charge in [0.2, 0.25) is 5.95 Å². The lowest BCUT2D eigenvalue weighted by Gasteiger charge is -2.23. The van der Waals surface area contributed by atoms with Gasteiger partial charge in [-0.05, 0) is 37.1 Å². The lowest BCUT2D eigenvalue weighted by atomic mass is 9.91. The van der Waals surface area contributed by atoms with Crippen molar-refractivity contribution in [1.82, 2.24) is 24.4 Å². The Hall–Kier alpha value is -2.82. The Balaban J connectivity index is 1.38. The van der Waals surface area contributed by atoms with E-state index >= 15 is 0 Å². The molecule has 0 bridgehead atoms. The Morgan fingerprint density at radius 2 is 1.91 bits per heavy atom. The summed E-state index contributed by atoms with van der Waals surface area (Å²) in [6.07, 6.45) is 6.98. The number of anilines is 2. The molecule has 164 valence electrons. The van der Waals surface area contributed by atoms with Crippen LogP contribution < -0.4 is 10.2 Å². The van der Waals surface area contributed by atoms with Gasteiger partial charge < -0.3 is 19.9 Å². The van der Waals surface area contributed by atoms with Gasteiger partial charge in [-0.1, -0.05) is 23.2 Å². The molecule has 1 unspecified atom stereocenters. The summed E-state index contributed by atoms with van der Waals surface area (Å²) in [6.45, 7) is 0.122. The number of hydrogen-bond acceptors (Lipinski definition) is 6. The Morgan fingerprint density at radius 1 is 1.19 bits per heavy atom. The molecule has 12 heteroatoms. The second-order valence-electron chi connectivity index (χ2n) is 8.38. The minimum absolute atomic E-state index is 0.122. The number of nitrogens with one attached hydrogen (secondary N) is 1. The number of benzene rings is 1. The van der Waals surface area contributed by atoms with E-state index in [1.54, 1.807) is 39.6 Å². The van der Waals surface area contributed by atoms with Crippen LogP contribution in [0.5, 0.6) is 0 Å². The predicted molar refractivity (Wildman–Crippen MR) is 124 cm³/mol. The van der Waals surface area contributed by atoms with E-state index in [4.69, 9.17) is 23.2 Å². The van der Waals surface area contributed by atoms with Crippen molar-refractivity contribution in [3.63, 3.8) is 0 Å². The molecule has 0 radical (unpaired) electrons. The number of carbonyl (C=O) groups excluding carboxylic acids is 1. The van der Waals surface area contributed by atoms with Crippen molar-refractivity contribution >= 4 is 48.8 Å². The molecule has 32 heavy (non-hydrogen) atoms. The first-order chi connectivity index (χ1) is 15.2. The molecular formula is C20H20BCl2N7O2. The van der Waals surface area contributed by atoms with Crippen molar-refractivity contribution in [3.05, 3.63) is 58.7 Å². The minimum Gasteiger partial charge on any atom is -0.377 e. The Morgan fingerprint density at radius 3 is 2.53 bits per heavy atom. The highest BCUT2D eigenvalue weighted by Gasteiger charge is 2.48. The molecule has 1 aromatic carbocycles. The van der Waals surface area contributed by atoms with E-state index in [0.29, 0.717) is 21.8 Å². The molecule has 3 heterocycles. The third-order valence-corrected chi connectivity index (χ3v) is 6.37. The highest BCUT2D eigenvalue weighted by atomic mass is 35.5. The molecule has 3 aromatic rings. The highest BCUT2D eigenvalue weighted by Crippen LogP contribution is 2.47. The molecule has 1 saturated carbocycles. The predicted octanol–water partition coefficient (Wildman–Crippen LogP) is 2.22. The number of urea groups is 1. The summed E-state index contributed by atoms with van der Waals surface area (Å²) < 4.78 is 1.87. The third kappa shape index (κ3) is 3.68. The van der Waals surface area contributed by atoms with E-state index in [2.05, 4.69) is 20.3 Å². The molecule has 0 spiro atoms. The molecule has 2 amide bonds. The summed E-state index contributed by atoms with van der Waals surface area (Å²) >= 11 is 12.3. The summed E-state index contributed by atoms with van der Waals surface area (Å²) in [5, 5.41) is 14.9. The number of nitrogens with zero attached hydrogens (tertiary/aromatic N) is 6. The highest BCUT2D eigenvalue weighted by molar-refractivity contribution is 6.34. The largest absolute Gasteiger partial charge is 0.377 e. The van der Waals surface area contributed by atoms with Gasteiger partial charge in [0, 0.05) is 35.2 Å². The van der Waals surface area contributed by atoms with Gasteiger partial charge >= 0.3 is 6.03 Å². The average molecular weight is 472 g/mol. The van der Waals surface area contributed by atoms with Crippen LogP contribution in [0.25, 0.3) is 5.69 Å². The Kier molecular flexibility index (Phi) is 4.84. The molecule has 2 N–H and O–H groups in total. The molecule has 5 rings (SSSR count). The lowest BCUT2D eigenvalue weighted by Crippen LogP contribution is -2.45. The topological polar surface area (TPSA) is 99.4 Å². The van der Waals surface area contributed by atoms with E-state index < -0.39 is 5.62 Å². The smallest absolute Gasteiger partial charge is 0.327 e. The van der Waals surface area contributed by atoms with Crippen molar-refractivity contribution in [3.8, 4) is 5.69 Å². The standard InChI is InChI=1S/C20H20BCl2N7O2/c1-28-18(31)30(10-20(28,21)32)16-2-5-24-17(26-16)27-19(3-4-19)15-9-29(11-25-15)14-7-12(22)6-13(23)8-14/h2,5-9,11,32H,3-4,10,21H2,1H3,(H,24,26,27). The quantitative estimate of drug-likeness (QED) is 0.553. The molecule has 9 nitrogen and oxygen atoms in total. The number of imidazole rings is 1. The normalized spacial score (nSPS) is 21.8. The Labute approximate surface area is 195 Å². The summed E-state index contributed by atoms with van der Waals surface area (Å²) in [7, 11) is 3.15. The zero-order valence-electron chi connectivity index (χ0n) is 17.5. The summed E-state index contributed by atoms with van der Waals surface area (Å²) in [5.74, 6) is 0.814. The molecule has 2 fully saturated rings. The molecule has 2 aromatic heterocycles. The number of aromatic nitrogens is 4. The average Bonchev–Trinajstić information content (AvgIpc) is 3.26. The van der Waals surface area contributed by atoms with Crippen molar-refractivity contribution < 1.29 is 9.90 Å². The number of β-amino-alcohol motifs (C(OH)–C–C–N with tert-alkyl or cyclic N) is 1.